The van der Waals surface area contributed by atoms with Gasteiger partial charge < -0.3 is 4.98 Å². The molecule has 0 spiro atoms. The van der Waals surface area contributed by atoms with Gasteiger partial charge in [-0.1, -0.05) is 6.07 Å². The quantitative estimate of drug-likeness (QED) is 0.454. The van der Waals surface area contributed by atoms with Crippen molar-refractivity contribution < 1.29 is 4.39 Å². The number of halogens is 1. The van der Waals surface area contributed by atoms with Gasteiger partial charge in [0.2, 0.25) is 5.95 Å². The molecule has 1 saturated carbocycles. The number of aryl methyl sites for hydroxylation is 1. The van der Waals surface area contributed by atoms with Gasteiger partial charge in [0.15, 0.2) is 5.65 Å². The SMILES string of the molecule is Cc1nc2ccc(C3C[C@@H]3c3cc(-c4c[nH]c(=O)[nH]c4=O)nn4c(F)cnc34)cc2s1. The van der Waals surface area contributed by atoms with Crippen LogP contribution >= 0.6 is 11.3 Å². The molecule has 5 aromatic rings. The van der Waals surface area contributed by atoms with Crippen LogP contribution in [0, 0.1) is 12.9 Å². The van der Waals surface area contributed by atoms with Crippen LogP contribution in [0.3, 0.4) is 0 Å². The van der Waals surface area contributed by atoms with E-state index in [9.17, 15) is 14.0 Å². The lowest BCUT2D eigenvalue weighted by Gasteiger charge is -2.07. The predicted molar refractivity (Wildman–Crippen MR) is 114 cm³/mol. The molecule has 4 aromatic heterocycles. The second kappa shape index (κ2) is 6.42. The number of H-pyrrole nitrogens is 2. The van der Waals surface area contributed by atoms with Gasteiger partial charge in [-0.15, -0.1) is 11.3 Å². The lowest BCUT2D eigenvalue weighted by atomic mass is 10.0. The maximum atomic E-state index is 14.4. The van der Waals surface area contributed by atoms with Gasteiger partial charge in [0.05, 0.1) is 32.7 Å². The number of aromatic amines is 2. The number of hydrogen-bond donors (Lipinski definition) is 2. The van der Waals surface area contributed by atoms with E-state index in [2.05, 4.69) is 37.2 Å². The normalized spacial score (nSPS) is 18.1. The Labute approximate surface area is 177 Å². The maximum absolute atomic E-state index is 14.4. The van der Waals surface area contributed by atoms with Crippen molar-refractivity contribution in [1.29, 1.82) is 0 Å². The number of imidazole rings is 1. The number of fused-ring (bicyclic) bond motifs is 2. The van der Waals surface area contributed by atoms with E-state index in [0.29, 0.717) is 5.65 Å². The zero-order chi connectivity index (χ0) is 21.3. The molecule has 154 valence electrons. The molecule has 1 aromatic carbocycles. The molecule has 1 fully saturated rings. The van der Waals surface area contributed by atoms with E-state index in [1.54, 1.807) is 17.4 Å². The minimum atomic E-state index is -0.613. The van der Waals surface area contributed by atoms with Crippen molar-refractivity contribution in [2.24, 2.45) is 0 Å². The Hall–Kier alpha value is -3.66. The van der Waals surface area contributed by atoms with E-state index >= 15 is 0 Å². The molecule has 0 bridgehead atoms. The maximum Gasteiger partial charge on any atom is 0.325 e. The van der Waals surface area contributed by atoms with Gasteiger partial charge in [-0.25, -0.2) is 14.8 Å². The lowest BCUT2D eigenvalue weighted by molar-refractivity contribution is 0.549. The molecule has 2 atom stereocenters. The largest absolute Gasteiger partial charge is 0.325 e. The Morgan fingerprint density at radius 3 is 2.94 bits per heavy atom. The van der Waals surface area contributed by atoms with Crippen molar-refractivity contribution in [3.8, 4) is 11.3 Å². The highest BCUT2D eigenvalue weighted by Crippen LogP contribution is 2.56. The Kier molecular flexibility index (Phi) is 3.75. The smallest absolute Gasteiger partial charge is 0.313 e. The van der Waals surface area contributed by atoms with E-state index in [1.807, 2.05) is 13.0 Å². The van der Waals surface area contributed by atoms with E-state index < -0.39 is 17.2 Å². The van der Waals surface area contributed by atoms with E-state index in [4.69, 9.17) is 0 Å². The highest BCUT2D eigenvalue weighted by Gasteiger charge is 2.41. The number of benzene rings is 1. The van der Waals surface area contributed by atoms with Crippen LogP contribution in [-0.4, -0.2) is 29.5 Å². The first-order valence-electron chi connectivity index (χ1n) is 9.71. The Bertz CT molecular complexity index is 1610. The van der Waals surface area contributed by atoms with Crippen LogP contribution in [0.2, 0.25) is 0 Å². The first kappa shape index (κ1) is 18.1. The molecular weight excluding hydrogens is 419 g/mol. The predicted octanol–water partition coefficient (Wildman–Crippen LogP) is 3.10. The zero-order valence-electron chi connectivity index (χ0n) is 16.2. The minimum Gasteiger partial charge on any atom is -0.313 e. The van der Waals surface area contributed by atoms with E-state index in [-0.39, 0.29) is 23.1 Å². The molecular formula is C21H15FN6O2S. The fraction of sp³-hybridized carbons (Fsp3) is 0.190. The molecule has 4 heterocycles. The molecule has 10 heteroatoms. The second-order valence-electron chi connectivity index (χ2n) is 7.70. The highest BCUT2D eigenvalue weighted by atomic mass is 32.1. The summed E-state index contributed by atoms with van der Waals surface area (Å²) in [6, 6.07) is 8.06. The number of nitrogens with one attached hydrogen (secondary N) is 2. The van der Waals surface area contributed by atoms with Gasteiger partial charge in [0.1, 0.15) is 0 Å². The van der Waals surface area contributed by atoms with Crippen LogP contribution in [0.25, 0.3) is 27.1 Å². The molecule has 2 N–H and O–H groups in total. The Morgan fingerprint density at radius 1 is 1.23 bits per heavy atom. The number of aromatic nitrogens is 6. The number of rotatable bonds is 3. The van der Waals surface area contributed by atoms with Crippen molar-refractivity contribution >= 4 is 27.2 Å². The first-order chi connectivity index (χ1) is 15.0. The summed E-state index contributed by atoms with van der Waals surface area (Å²) in [5, 5.41) is 5.27. The molecule has 31 heavy (non-hydrogen) atoms. The van der Waals surface area contributed by atoms with Gasteiger partial charge >= 0.3 is 5.69 Å². The molecule has 0 aliphatic heterocycles. The summed E-state index contributed by atoms with van der Waals surface area (Å²) in [4.78, 5) is 37.0. The van der Waals surface area contributed by atoms with Crippen LogP contribution in [-0.2, 0) is 0 Å². The number of nitrogens with zero attached hydrogens (tertiary/aromatic N) is 4. The van der Waals surface area contributed by atoms with Crippen LogP contribution in [0.4, 0.5) is 4.39 Å². The standard InChI is InChI=1S/C21H15FN6O2S/c1-9-25-15-3-2-10(4-17(15)31-9)11-5-12(11)13-6-16(14-7-24-21(30)26-20(14)29)27-28-18(22)8-23-19(13)28/h2-4,6-8,11-12H,5H2,1H3,(H2,24,26,29,30)/t11?,12-/m0/s1. The van der Waals surface area contributed by atoms with Gasteiger partial charge in [0.25, 0.3) is 5.56 Å². The van der Waals surface area contributed by atoms with Crippen LogP contribution < -0.4 is 11.2 Å². The molecule has 1 aliphatic carbocycles. The second-order valence-corrected chi connectivity index (χ2v) is 8.93. The average Bonchev–Trinajstić information content (AvgIpc) is 3.32. The minimum absolute atomic E-state index is 0.124. The summed E-state index contributed by atoms with van der Waals surface area (Å²) in [5.41, 5.74) is 2.69. The topological polar surface area (TPSA) is 109 Å². The fourth-order valence-corrected chi connectivity index (χ4v) is 5.04. The van der Waals surface area contributed by atoms with Crippen molar-refractivity contribution in [2.45, 2.75) is 25.2 Å². The fourth-order valence-electron chi connectivity index (χ4n) is 4.16. The van der Waals surface area contributed by atoms with Gasteiger partial charge in [-0.2, -0.15) is 14.0 Å². The third-order valence-electron chi connectivity index (χ3n) is 5.69. The monoisotopic (exact) mass is 434 g/mol. The van der Waals surface area contributed by atoms with Gasteiger partial charge in [-0.05, 0) is 48.9 Å². The lowest BCUT2D eigenvalue weighted by Crippen LogP contribution is -2.23. The Balaban J connectivity index is 1.46. The summed E-state index contributed by atoms with van der Waals surface area (Å²) in [6.45, 7) is 1.99. The van der Waals surface area contributed by atoms with E-state index in [1.165, 1.54) is 11.8 Å². The van der Waals surface area contributed by atoms with Crippen molar-refractivity contribution in [3.63, 3.8) is 0 Å². The summed E-state index contributed by atoms with van der Waals surface area (Å²) in [7, 11) is 0. The Morgan fingerprint density at radius 2 is 2.10 bits per heavy atom. The summed E-state index contributed by atoms with van der Waals surface area (Å²) in [6.07, 6.45) is 3.30. The summed E-state index contributed by atoms with van der Waals surface area (Å²) >= 11 is 1.66. The number of hydrogen-bond acceptors (Lipinski definition) is 6. The van der Waals surface area contributed by atoms with Crippen LogP contribution in [0.15, 0.2) is 46.2 Å². The molecule has 0 saturated heterocycles. The molecule has 1 unspecified atom stereocenters. The van der Waals surface area contributed by atoms with Crippen LogP contribution in [0.1, 0.15) is 34.4 Å². The first-order valence-corrected chi connectivity index (χ1v) is 10.5. The average molecular weight is 434 g/mol. The summed E-state index contributed by atoms with van der Waals surface area (Å²) in [5.74, 6) is -0.225. The van der Waals surface area contributed by atoms with E-state index in [0.717, 1.165) is 37.9 Å². The summed E-state index contributed by atoms with van der Waals surface area (Å²) < 4.78 is 16.6. The van der Waals surface area contributed by atoms with Gasteiger partial charge in [0, 0.05) is 11.8 Å². The van der Waals surface area contributed by atoms with Crippen molar-refractivity contribution in [2.75, 3.05) is 0 Å². The number of thiazole rings is 1. The molecule has 0 radical (unpaired) electrons. The van der Waals surface area contributed by atoms with Gasteiger partial charge in [-0.3, -0.25) is 9.78 Å². The van der Waals surface area contributed by atoms with Crippen molar-refractivity contribution in [1.82, 2.24) is 29.5 Å². The van der Waals surface area contributed by atoms with Crippen LogP contribution in [0.5, 0.6) is 0 Å². The third-order valence-corrected chi connectivity index (χ3v) is 6.62. The zero-order valence-corrected chi connectivity index (χ0v) is 17.0. The molecule has 8 nitrogen and oxygen atoms in total. The van der Waals surface area contributed by atoms with Crippen molar-refractivity contribution in [3.05, 3.63) is 79.6 Å². The molecule has 0 amide bonds. The molecule has 1 aliphatic rings. The highest BCUT2D eigenvalue weighted by molar-refractivity contribution is 7.18. The third kappa shape index (κ3) is 2.90. The molecule has 6 rings (SSSR count).